The van der Waals surface area contributed by atoms with Crippen molar-refractivity contribution in [1.29, 1.82) is 0 Å². The molecule has 16 heteroatoms. The molecule has 3 aliphatic heterocycles. The predicted octanol–water partition coefficient (Wildman–Crippen LogP) is 4.67. The highest BCUT2D eigenvalue weighted by Crippen LogP contribution is 2.40. The Hall–Kier alpha value is -3.67. The first-order valence-corrected chi connectivity index (χ1v) is 21.8. The van der Waals surface area contributed by atoms with Gasteiger partial charge in [0.1, 0.15) is 23.8 Å². The van der Waals surface area contributed by atoms with E-state index < -0.39 is 65.7 Å². The van der Waals surface area contributed by atoms with E-state index in [1.54, 1.807) is 30.5 Å². The van der Waals surface area contributed by atoms with Gasteiger partial charge >= 0.3 is 12.1 Å². The van der Waals surface area contributed by atoms with E-state index in [1.165, 1.54) is 0 Å². The zero-order valence-corrected chi connectivity index (χ0v) is 37.6. The molecule has 1 aromatic heterocycles. The number of likely N-dealkylation sites (N-methyl/N-ethyl adjacent to an activating group) is 1. The van der Waals surface area contributed by atoms with E-state index >= 15 is 0 Å². The number of amides is 1. The van der Waals surface area contributed by atoms with Gasteiger partial charge in [0.15, 0.2) is 17.7 Å². The van der Waals surface area contributed by atoms with Crippen LogP contribution in [0, 0.1) is 17.8 Å². The molecule has 0 radical (unpaired) electrons. The molecule has 0 bridgehead atoms. The molecule has 1 aromatic carbocycles. The largest absolute Gasteiger partial charge is 0.458 e. The molecule has 16 nitrogen and oxygen atoms in total. The number of aromatic nitrogens is 3. The summed E-state index contributed by atoms with van der Waals surface area (Å²) in [5.41, 5.74) is 6.00. The van der Waals surface area contributed by atoms with Crippen LogP contribution in [0.5, 0.6) is 0 Å². The van der Waals surface area contributed by atoms with Crippen LogP contribution in [0.25, 0.3) is 11.3 Å². The third-order valence-electron chi connectivity index (χ3n) is 13.1. The average Bonchev–Trinajstić information content (AvgIpc) is 3.78. The standard InChI is InChI=1S/C44H71N7O9/c1-12-35-44(8)38(51(42(55)60-44)21-14-13-20-50-25-33(47-48-50)31-16-15-17-32(45)23-31)30(6)46-19-18-26(2)24-43(7,56-11)39(28(4)36(52)29(5)40(54)58-35)59-41-37(53)34(49(9)10)22-27(3)57-41/h15-17,23,25-30,34-35,37-39,41,46,53H,12-14,18-22,24,45H2,1-11H3/t26-,27-,28+,29-,30+,34?,35-,37?,38-,39-,41+,43-,44-/m1/s1. The number of ether oxygens (including phenoxy) is 5. The van der Waals surface area contributed by atoms with E-state index in [9.17, 15) is 19.5 Å². The summed E-state index contributed by atoms with van der Waals surface area (Å²) in [5.74, 6) is -3.05. The number of carbonyl (C=O) groups is 3. The summed E-state index contributed by atoms with van der Waals surface area (Å²) in [6, 6.07) is 6.53. The van der Waals surface area contributed by atoms with Crippen LogP contribution < -0.4 is 11.1 Å². The third kappa shape index (κ3) is 10.5. The van der Waals surface area contributed by atoms with Crippen molar-refractivity contribution < 1.29 is 43.2 Å². The van der Waals surface area contributed by atoms with Crippen molar-refractivity contribution >= 4 is 23.5 Å². The second-order valence-electron chi connectivity index (χ2n) is 18.1. The summed E-state index contributed by atoms with van der Waals surface area (Å²) < 4.78 is 33.3. The zero-order chi connectivity index (χ0) is 44.1. The summed E-state index contributed by atoms with van der Waals surface area (Å²) in [7, 11) is 5.41. The van der Waals surface area contributed by atoms with Crippen molar-refractivity contribution in [2.75, 3.05) is 40.0 Å². The fourth-order valence-corrected chi connectivity index (χ4v) is 9.65. The number of aliphatic hydroxyl groups is 1. The molecule has 13 atom stereocenters. The summed E-state index contributed by atoms with van der Waals surface area (Å²) >= 11 is 0. The van der Waals surface area contributed by atoms with Gasteiger partial charge < -0.3 is 44.7 Å². The van der Waals surface area contributed by atoms with Gasteiger partial charge in [-0.15, -0.1) is 5.10 Å². The van der Waals surface area contributed by atoms with E-state index in [-0.39, 0.29) is 29.9 Å². The molecule has 3 saturated heterocycles. The summed E-state index contributed by atoms with van der Waals surface area (Å²) in [4.78, 5) is 46.0. The van der Waals surface area contributed by atoms with Gasteiger partial charge in [-0.05, 0) is 112 Å². The predicted molar refractivity (Wildman–Crippen MR) is 227 cm³/mol. The highest BCUT2D eigenvalue weighted by atomic mass is 16.7. The number of ketones is 1. The molecular weight excluding hydrogens is 771 g/mol. The number of aryl methyl sites for hydroxylation is 1. The number of esters is 1. The van der Waals surface area contributed by atoms with Gasteiger partial charge in [0.05, 0.1) is 30.0 Å². The number of nitrogens with zero attached hydrogens (tertiary/aromatic N) is 5. The van der Waals surface area contributed by atoms with Crippen molar-refractivity contribution in [3.8, 4) is 11.3 Å². The quantitative estimate of drug-likeness (QED) is 0.122. The van der Waals surface area contributed by atoms with Crippen molar-refractivity contribution in [3.63, 3.8) is 0 Å². The SMILES string of the molecule is CC[C@H]1OC(=O)[C@H](C)C(=O)[C@H](C)[C@@H](O[C@@H]2O[C@H](C)CC(N(C)C)C2O)[C@](C)(OC)C[C@H](C)CCN[C@@H](C)[C@H]2N(CCCCn3cc(-c4cccc(N)c4)nn3)C(=O)O[C@]12C. The molecule has 3 aliphatic rings. The molecule has 0 aliphatic carbocycles. The minimum atomic E-state index is -1.22. The molecule has 336 valence electrons. The van der Waals surface area contributed by atoms with Crippen LogP contribution in [0.2, 0.25) is 0 Å². The van der Waals surface area contributed by atoms with Gasteiger partial charge in [0.2, 0.25) is 0 Å². The number of rotatable bonds is 11. The number of anilines is 1. The molecule has 0 spiro atoms. The lowest BCUT2D eigenvalue weighted by atomic mass is 9.78. The maximum atomic E-state index is 14.4. The van der Waals surface area contributed by atoms with Gasteiger partial charge in [-0.3, -0.25) is 19.2 Å². The number of aliphatic hydroxyl groups excluding tert-OH is 1. The molecule has 1 amide bonds. The van der Waals surface area contributed by atoms with Gasteiger partial charge in [0, 0.05) is 49.5 Å². The number of fused-ring (bicyclic) bond motifs is 1. The lowest BCUT2D eigenvalue weighted by Crippen LogP contribution is -2.61. The number of benzene rings is 1. The molecule has 5 rings (SSSR count). The molecule has 3 fully saturated rings. The van der Waals surface area contributed by atoms with Gasteiger partial charge in [-0.25, -0.2) is 4.79 Å². The maximum absolute atomic E-state index is 14.4. The Kier molecular flexibility index (Phi) is 15.8. The van der Waals surface area contributed by atoms with Crippen molar-refractivity contribution in [2.45, 2.75) is 160 Å². The van der Waals surface area contributed by atoms with Crippen molar-refractivity contribution in [2.24, 2.45) is 17.8 Å². The fraction of sp³-hybridized carbons (Fsp3) is 0.750. The molecule has 2 unspecified atom stereocenters. The first-order valence-electron chi connectivity index (χ1n) is 21.8. The zero-order valence-electron chi connectivity index (χ0n) is 37.6. The smallest absolute Gasteiger partial charge is 0.410 e. The van der Waals surface area contributed by atoms with Crippen LogP contribution in [0.3, 0.4) is 0 Å². The molecule has 0 saturated carbocycles. The number of methoxy groups -OCH3 is 1. The lowest BCUT2D eigenvalue weighted by Gasteiger charge is -2.47. The molecule has 4 N–H and O–H groups in total. The second-order valence-corrected chi connectivity index (χ2v) is 18.1. The van der Waals surface area contributed by atoms with Crippen LogP contribution >= 0.6 is 0 Å². The first kappa shape index (κ1) is 47.4. The minimum Gasteiger partial charge on any atom is -0.458 e. The Balaban J connectivity index is 1.36. The Morgan fingerprint density at radius 1 is 1.08 bits per heavy atom. The fourth-order valence-electron chi connectivity index (χ4n) is 9.65. The van der Waals surface area contributed by atoms with Crippen LogP contribution in [0.1, 0.15) is 93.9 Å². The Labute approximate surface area is 356 Å². The number of cyclic esters (lactones) is 1. The van der Waals surface area contributed by atoms with E-state index in [0.29, 0.717) is 51.0 Å². The van der Waals surface area contributed by atoms with Gasteiger partial charge in [-0.1, -0.05) is 38.1 Å². The minimum absolute atomic E-state index is 0.0906. The van der Waals surface area contributed by atoms with Gasteiger partial charge in [0.25, 0.3) is 0 Å². The maximum Gasteiger partial charge on any atom is 0.410 e. The molecular formula is C44H71N7O9. The normalized spacial score (nSPS) is 36.2. The molecule has 60 heavy (non-hydrogen) atoms. The van der Waals surface area contributed by atoms with Crippen LogP contribution in [-0.4, -0.2) is 142 Å². The molecule has 2 aromatic rings. The van der Waals surface area contributed by atoms with Gasteiger partial charge in [-0.2, -0.15) is 0 Å². The Morgan fingerprint density at radius 2 is 1.80 bits per heavy atom. The number of nitrogen functional groups attached to an aromatic ring is 1. The number of carbonyl (C=O) groups excluding carboxylic acids is 3. The first-order chi connectivity index (χ1) is 28.3. The van der Waals surface area contributed by atoms with Crippen molar-refractivity contribution in [3.05, 3.63) is 30.5 Å². The Morgan fingerprint density at radius 3 is 2.47 bits per heavy atom. The summed E-state index contributed by atoms with van der Waals surface area (Å²) in [5, 5.41) is 23.7. The lowest BCUT2D eigenvalue weighted by molar-refractivity contribution is -0.295. The topological polar surface area (TPSA) is 193 Å². The highest BCUT2D eigenvalue weighted by Gasteiger charge is 2.58. The van der Waals surface area contributed by atoms with Crippen LogP contribution in [0.4, 0.5) is 10.5 Å². The number of hydrogen-bond acceptors (Lipinski definition) is 14. The van der Waals surface area contributed by atoms with E-state index in [4.69, 9.17) is 29.4 Å². The monoisotopic (exact) mass is 842 g/mol. The number of unbranched alkanes of at least 4 members (excludes halogenated alkanes) is 1. The van der Waals surface area contributed by atoms with Crippen LogP contribution in [-0.2, 0) is 39.8 Å². The number of nitrogens with two attached hydrogens (primary N) is 1. The summed E-state index contributed by atoms with van der Waals surface area (Å²) in [6.45, 7) is 16.6. The van der Waals surface area contributed by atoms with Crippen molar-refractivity contribution in [1.82, 2.24) is 30.1 Å². The van der Waals surface area contributed by atoms with E-state index in [2.05, 4.69) is 22.6 Å². The highest BCUT2D eigenvalue weighted by molar-refractivity contribution is 6.00. The van der Waals surface area contributed by atoms with E-state index in [1.807, 2.05) is 84.1 Å². The third-order valence-corrected chi connectivity index (χ3v) is 13.1. The number of nitrogens with one attached hydrogen (secondary N) is 1. The van der Waals surface area contributed by atoms with Crippen LogP contribution in [0.15, 0.2) is 30.5 Å². The molecule has 4 heterocycles. The summed E-state index contributed by atoms with van der Waals surface area (Å²) in [6.07, 6.45) is 1.05. The van der Waals surface area contributed by atoms with E-state index in [0.717, 1.165) is 24.1 Å². The second kappa shape index (κ2) is 20.0. The Bertz CT molecular complexity index is 1760. The number of Topliss-reactive ketones (excluding diaryl/α,β-unsaturated/α-hetero) is 1. The number of hydrogen-bond donors (Lipinski definition) is 3. The average molecular weight is 842 g/mol.